The van der Waals surface area contributed by atoms with Crippen LogP contribution in [0.5, 0.6) is 0 Å². The van der Waals surface area contributed by atoms with Crippen LogP contribution in [-0.2, 0) is 9.71 Å². The van der Waals surface area contributed by atoms with Crippen molar-refractivity contribution in [3.63, 3.8) is 0 Å². The highest BCUT2D eigenvalue weighted by Crippen LogP contribution is 2.22. The normalized spacial score (nSPS) is 14.6. The van der Waals surface area contributed by atoms with Gasteiger partial charge in [0, 0.05) is 17.8 Å². The molecule has 1 rings (SSSR count). The highest BCUT2D eigenvalue weighted by Gasteiger charge is 2.13. The maximum atomic E-state index is 11.3. The molecule has 6 nitrogen and oxygen atoms in total. The summed E-state index contributed by atoms with van der Waals surface area (Å²) < 4.78 is 11.3. The van der Waals surface area contributed by atoms with Crippen molar-refractivity contribution in [1.29, 1.82) is 0 Å². The second-order valence-electron chi connectivity index (χ2n) is 2.71. The number of nitrogen functional groups attached to an aromatic ring is 1. The van der Waals surface area contributed by atoms with Gasteiger partial charge in [0.2, 0.25) is 0 Å². The Bertz CT molecular complexity index is 481. The van der Waals surface area contributed by atoms with Crippen molar-refractivity contribution in [3.05, 3.63) is 28.3 Å². The molecule has 0 aliphatic rings. The van der Waals surface area contributed by atoms with E-state index in [0.29, 0.717) is 0 Å². The SMILES string of the molecule is C=S(N)(=O)c1cc([N+](=O)[O-])ccc1N. The van der Waals surface area contributed by atoms with Gasteiger partial charge >= 0.3 is 0 Å². The quantitative estimate of drug-likeness (QED) is 0.316. The van der Waals surface area contributed by atoms with Crippen LogP contribution in [0.15, 0.2) is 23.1 Å². The largest absolute Gasteiger partial charge is 0.398 e. The maximum absolute atomic E-state index is 11.3. The molecule has 1 unspecified atom stereocenters. The van der Waals surface area contributed by atoms with Crippen LogP contribution < -0.4 is 10.9 Å². The van der Waals surface area contributed by atoms with Gasteiger partial charge in [-0.05, 0) is 11.9 Å². The van der Waals surface area contributed by atoms with Crippen LogP contribution in [-0.4, -0.2) is 15.0 Å². The highest BCUT2D eigenvalue weighted by atomic mass is 32.2. The second kappa shape index (κ2) is 3.28. The summed E-state index contributed by atoms with van der Waals surface area (Å²) in [4.78, 5) is 9.79. The molecule has 0 fully saturated rings. The number of nitrogens with zero attached hydrogens (tertiary/aromatic N) is 1. The number of nitrogens with two attached hydrogens (primary N) is 2. The minimum absolute atomic E-state index is 0.00620. The molecule has 7 heteroatoms. The minimum Gasteiger partial charge on any atom is -0.398 e. The van der Waals surface area contributed by atoms with Crippen LogP contribution in [0.3, 0.4) is 0 Å². The third-order valence-electron chi connectivity index (χ3n) is 1.58. The first-order valence-corrected chi connectivity index (χ1v) is 5.30. The van der Waals surface area contributed by atoms with Crippen molar-refractivity contribution in [2.75, 3.05) is 5.73 Å². The van der Waals surface area contributed by atoms with E-state index in [-0.39, 0.29) is 16.3 Å². The molecule has 0 aromatic heterocycles. The van der Waals surface area contributed by atoms with E-state index in [9.17, 15) is 14.3 Å². The maximum Gasteiger partial charge on any atom is 0.270 e. The van der Waals surface area contributed by atoms with E-state index >= 15 is 0 Å². The van der Waals surface area contributed by atoms with Crippen LogP contribution in [0.25, 0.3) is 0 Å². The van der Waals surface area contributed by atoms with Gasteiger partial charge in [-0.15, -0.1) is 0 Å². The number of hydrogen-bond acceptors (Lipinski definition) is 4. The van der Waals surface area contributed by atoms with Crippen LogP contribution in [0.2, 0.25) is 0 Å². The fraction of sp³-hybridized carbons (Fsp3) is 0. The molecule has 1 aromatic rings. The molecule has 0 heterocycles. The Hall–Kier alpha value is -1.60. The minimum atomic E-state index is -3.02. The van der Waals surface area contributed by atoms with Gasteiger partial charge in [0.25, 0.3) is 5.69 Å². The molecular weight excluding hydrogens is 206 g/mol. The standard InChI is InChI=1S/C7H9N3O3S/c1-14(9,13)7-4-5(10(11)12)2-3-6(7)8/h2-4H,1,8H2,(H2,9,13). The average molecular weight is 215 g/mol. The molecule has 0 radical (unpaired) electrons. The lowest BCUT2D eigenvalue weighted by Crippen LogP contribution is -2.14. The molecule has 76 valence electrons. The number of hydrogen-bond donors (Lipinski definition) is 2. The van der Waals surface area contributed by atoms with Gasteiger partial charge in [-0.3, -0.25) is 15.3 Å². The van der Waals surface area contributed by atoms with Crippen LogP contribution in [0.4, 0.5) is 11.4 Å². The van der Waals surface area contributed by atoms with Crippen molar-refractivity contribution < 1.29 is 9.13 Å². The Morgan fingerprint density at radius 3 is 2.50 bits per heavy atom. The Morgan fingerprint density at radius 1 is 1.50 bits per heavy atom. The van der Waals surface area contributed by atoms with E-state index in [4.69, 9.17) is 10.9 Å². The summed E-state index contributed by atoms with van der Waals surface area (Å²) in [5.41, 5.74) is 5.38. The molecule has 0 saturated heterocycles. The molecule has 4 N–H and O–H groups in total. The van der Waals surface area contributed by atoms with Gasteiger partial charge in [-0.1, -0.05) is 0 Å². The van der Waals surface area contributed by atoms with Gasteiger partial charge in [-0.2, -0.15) is 0 Å². The molecule has 1 atom stereocenters. The lowest BCUT2D eigenvalue weighted by atomic mass is 10.3. The smallest absolute Gasteiger partial charge is 0.270 e. The van der Waals surface area contributed by atoms with Crippen molar-refractivity contribution in [2.45, 2.75) is 4.90 Å². The van der Waals surface area contributed by atoms with E-state index in [2.05, 4.69) is 5.87 Å². The lowest BCUT2D eigenvalue weighted by Gasteiger charge is -2.05. The predicted molar refractivity (Wildman–Crippen MR) is 55.2 cm³/mol. The molecular formula is C7H9N3O3S. The molecule has 14 heavy (non-hydrogen) atoms. The van der Waals surface area contributed by atoms with Gasteiger partial charge in [0.05, 0.1) is 19.5 Å². The van der Waals surface area contributed by atoms with E-state index < -0.39 is 14.6 Å². The molecule has 1 aromatic carbocycles. The summed E-state index contributed by atoms with van der Waals surface area (Å²) in [5, 5.41) is 15.6. The van der Waals surface area contributed by atoms with Gasteiger partial charge < -0.3 is 5.73 Å². The predicted octanol–water partition coefficient (Wildman–Crippen LogP) is 0.126. The van der Waals surface area contributed by atoms with Gasteiger partial charge in [0.15, 0.2) is 0 Å². The molecule has 0 saturated carbocycles. The first kappa shape index (κ1) is 10.5. The zero-order valence-electron chi connectivity index (χ0n) is 7.17. The monoisotopic (exact) mass is 215 g/mol. The number of rotatable bonds is 2. The molecule has 0 spiro atoms. The Kier molecular flexibility index (Phi) is 2.45. The Balaban J connectivity index is 3.44. The van der Waals surface area contributed by atoms with Crippen LogP contribution in [0, 0.1) is 10.1 Å². The zero-order chi connectivity index (χ0) is 10.9. The molecule has 0 bridgehead atoms. The van der Waals surface area contributed by atoms with E-state index in [0.717, 1.165) is 6.07 Å². The third-order valence-corrected chi connectivity index (χ3v) is 2.68. The van der Waals surface area contributed by atoms with Crippen molar-refractivity contribution in [3.8, 4) is 0 Å². The van der Waals surface area contributed by atoms with Crippen molar-refractivity contribution in [1.82, 2.24) is 0 Å². The first-order valence-electron chi connectivity index (χ1n) is 3.51. The first-order chi connectivity index (χ1) is 6.32. The summed E-state index contributed by atoms with van der Waals surface area (Å²) >= 11 is 0. The third kappa shape index (κ3) is 2.01. The summed E-state index contributed by atoms with van der Waals surface area (Å²) in [7, 11) is -3.02. The summed E-state index contributed by atoms with van der Waals surface area (Å²) in [6.07, 6.45) is 0. The van der Waals surface area contributed by atoms with Gasteiger partial charge in [0.1, 0.15) is 0 Å². The summed E-state index contributed by atoms with van der Waals surface area (Å²) in [6, 6.07) is 3.57. The number of nitro benzene ring substituents is 1. The fourth-order valence-corrected chi connectivity index (χ4v) is 1.72. The average Bonchev–Trinajstić information content (AvgIpc) is 2.02. The second-order valence-corrected chi connectivity index (χ2v) is 4.60. The number of benzene rings is 1. The summed E-state index contributed by atoms with van der Waals surface area (Å²) in [6.45, 7) is 0. The molecule has 0 amide bonds. The molecule has 0 aliphatic carbocycles. The van der Waals surface area contributed by atoms with Crippen molar-refractivity contribution in [2.24, 2.45) is 5.14 Å². The Labute approximate surface area is 80.8 Å². The highest BCUT2D eigenvalue weighted by molar-refractivity contribution is 7.98. The zero-order valence-corrected chi connectivity index (χ0v) is 7.99. The number of non-ortho nitro benzene ring substituents is 1. The lowest BCUT2D eigenvalue weighted by molar-refractivity contribution is -0.385. The van der Waals surface area contributed by atoms with E-state index in [1.807, 2.05) is 0 Å². The van der Waals surface area contributed by atoms with E-state index in [1.165, 1.54) is 12.1 Å². The van der Waals surface area contributed by atoms with Crippen LogP contribution in [0.1, 0.15) is 0 Å². The van der Waals surface area contributed by atoms with Gasteiger partial charge in [-0.25, -0.2) is 4.21 Å². The van der Waals surface area contributed by atoms with Crippen molar-refractivity contribution >= 4 is 27.0 Å². The summed E-state index contributed by atoms with van der Waals surface area (Å²) in [5.74, 6) is 3.20. The number of anilines is 1. The fourth-order valence-electron chi connectivity index (χ4n) is 0.936. The van der Waals surface area contributed by atoms with Crippen LogP contribution >= 0.6 is 0 Å². The topological polar surface area (TPSA) is 112 Å². The Morgan fingerprint density at radius 2 is 2.07 bits per heavy atom. The van der Waals surface area contributed by atoms with E-state index in [1.54, 1.807) is 0 Å². The molecule has 0 aliphatic heterocycles. The number of nitro groups is 1.